The van der Waals surface area contributed by atoms with Gasteiger partial charge in [0.25, 0.3) is 0 Å². The summed E-state index contributed by atoms with van der Waals surface area (Å²) in [5.74, 6) is 0. The lowest BCUT2D eigenvalue weighted by Crippen LogP contribution is -2.28. The fourth-order valence-electron chi connectivity index (χ4n) is 8.59. The number of fused-ring (bicyclic) bond motifs is 6. The lowest BCUT2D eigenvalue weighted by atomic mass is 9.67. The molecule has 0 aromatic heterocycles. The molecule has 0 saturated heterocycles. The van der Waals surface area contributed by atoms with E-state index in [1.54, 1.807) is 0 Å². The van der Waals surface area contributed by atoms with E-state index in [1.807, 2.05) is 102 Å². The van der Waals surface area contributed by atoms with Crippen LogP contribution in [0.5, 0.6) is 0 Å². The van der Waals surface area contributed by atoms with E-state index in [0.717, 1.165) is 72.6 Å². The van der Waals surface area contributed by atoms with Gasteiger partial charge in [0, 0.05) is 19.8 Å². The molecule has 0 aliphatic heterocycles. The van der Waals surface area contributed by atoms with E-state index in [-0.39, 0.29) is 16.8 Å². The van der Waals surface area contributed by atoms with Crippen molar-refractivity contribution in [3.05, 3.63) is 264 Å². The molecular weight excluding hydrogens is 699 g/mol. The summed E-state index contributed by atoms with van der Waals surface area (Å²) >= 11 is 0. The molecule has 8 aromatic rings. The fraction of sp³-hybridized carbons (Fsp3) is 0.0526. The Balaban J connectivity index is 1.34. The monoisotopic (exact) mass is 752 g/mol. The van der Waals surface area contributed by atoms with Crippen LogP contribution in [-0.4, -0.2) is 0 Å². The van der Waals surface area contributed by atoms with Crippen LogP contribution in [-0.2, 0) is 5.41 Å². The lowest BCUT2D eigenvalue weighted by molar-refractivity contribution is 0.768. The maximum absolute atomic E-state index is 9.76. The molecule has 278 valence electrons. The zero-order chi connectivity index (χ0) is 46.8. The number of benzene rings is 8. The van der Waals surface area contributed by atoms with E-state index in [0.29, 0.717) is 17.9 Å². The Morgan fingerprint density at radius 3 is 2.03 bits per heavy atom. The highest BCUT2D eigenvalue weighted by Gasteiger charge is 2.46. The van der Waals surface area contributed by atoms with Gasteiger partial charge in [0.05, 0.1) is 15.0 Å². The molecule has 0 spiro atoms. The molecule has 1 heteroatoms. The highest BCUT2D eigenvalue weighted by molar-refractivity contribution is 6.13. The van der Waals surface area contributed by atoms with Gasteiger partial charge in [-0.15, -0.1) is 0 Å². The third kappa shape index (κ3) is 6.22. The van der Waals surface area contributed by atoms with E-state index in [4.69, 9.17) is 9.60 Å². The van der Waals surface area contributed by atoms with Crippen LogP contribution in [0.2, 0.25) is 0 Å². The maximum atomic E-state index is 9.76. The summed E-state index contributed by atoms with van der Waals surface area (Å²) in [6.07, 6.45) is 0. The van der Waals surface area contributed by atoms with Gasteiger partial charge in [-0.05, 0) is 127 Å². The Hall–Kier alpha value is -7.22. The summed E-state index contributed by atoms with van der Waals surface area (Å²) in [4.78, 5) is 1.84. The molecule has 0 heterocycles. The van der Waals surface area contributed by atoms with E-state index < -0.39 is 49.5 Å². The Morgan fingerprint density at radius 1 is 0.586 bits per heavy atom. The lowest BCUT2D eigenvalue weighted by Gasteiger charge is -2.35. The van der Waals surface area contributed by atoms with Crippen molar-refractivity contribution in [1.82, 2.24) is 0 Å². The first-order valence-corrected chi connectivity index (χ1v) is 19.1. The van der Waals surface area contributed by atoms with Gasteiger partial charge in [-0.1, -0.05) is 189 Å². The van der Waals surface area contributed by atoms with Gasteiger partial charge in [0.1, 0.15) is 0 Å². The van der Waals surface area contributed by atoms with E-state index in [2.05, 4.69) is 84.9 Å². The van der Waals surface area contributed by atoms with Crippen molar-refractivity contribution < 1.29 is 12.3 Å². The molecular formula is C57H45N. The topological polar surface area (TPSA) is 3.24 Å². The zero-order valence-electron chi connectivity index (χ0n) is 40.8. The summed E-state index contributed by atoms with van der Waals surface area (Å²) in [5.41, 5.74) is 8.36. The number of rotatable bonds is 10. The van der Waals surface area contributed by atoms with Gasteiger partial charge in [-0.25, -0.2) is 0 Å². The average molecular weight is 753 g/mol. The van der Waals surface area contributed by atoms with Crippen LogP contribution in [0.15, 0.2) is 242 Å². The van der Waals surface area contributed by atoms with Crippen LogP contribution in [0, 0.1) is 0 Å². The third-order valence-electron chi connectivity index (χ3n) is 11.1. The number of hydrogen-bond donors (Lipinski definition) is 0. The second-order valence-corrected chi connectivity index (χ2v) is 14.3. The Kier molecular flexibility index (Phi) is 7.26. The van der Waals surface area contributed by atoms with Crippen molar-refractivity contribution in [2.45, 2.75) is 19.2 Å². The molecule has 1 aliphatic carbocycles. The molecule has 0 saturated carbocycles. The second kappa shape index (κ2) is 15.4. The predicted molar refractivity (Wildman–Crippen MR) is 249 cm³/mol. The molecule has 0 atom stereocenters. The normalized spacial score (nSPS) is 17.0. The zero-order valence-corrected chi connectivity index (χ0v) is 31.8. The van der Waals surface area contributed by atoms with Crippen LogP contribution < -0.4 is 4.90 Å². The van der Waals surface area contributed by atoms with Crippen molar-refractivity contribution in [3.63, 3.8) is 0 Å². The van der Waals surface area contributed by atoms with Gasteiger partial charge in [0.2, 0.25) is 0 Å². The van der Waals surface area contributed by atoms with E-state index in [9.17, 15) is 2.74 Å². The molecule has 0 N–H and O–H groups in total. The van der Waals surface area contributed by atoms with Crippen LogP contribution in [0.3, 0.4) is 0 Å². The number of hydrogen-bond acceptors (Lipinski definition) is 1. The van der Waals surface area contributed by atoms with E-state index >= 15 is 0 Å². The first-order valence-electron chi connectivity index (χ1n) is 24.2. The highest BCUT2D eigenvalue weighted by atomic mass is 15.1. The molecule has 9 rings (SSSR count). The molecule has 0 fully saturated rings. The molecule has 1 nitrogen and oxygen atoms in total. The van der Waals surface area contributed by atoms with Gasteiger partial charge >= 0.3 is 0 Å². The van der Waals surface area contributed by atoms with Crippen LogP contribution in [0.25, 0.3) is 43.8 Å². The van der Waals surface area contributed by atoms with E-state index in [1.165, 1.54) is 0 Å². The summed E-state index contributed by atoms with van der Waals surface area (Å²) < 4.78 is 77.6. The minimum atomic E-state index is -0.766. The Morgan fingerprint density at radius 2 is 1.28 bits per heavy atom. The first kappa shape index (κ1) is 27.4. The second-order valence-electron chi connectivity index (χ2n) is 14.3. The summed E-state index contributed by atoms with van der Waals surface area (Å²) in [7, 11) is 0. The quantitative estimate of drug-likeness (QED) is 0.0993. The minimum Gasteiger partial charge on any atom is -0.314 e. The van der Waals surface area contributed by atoms with Crippen molar-refractivity contribution in [2.75, 3.05) is 4.90 Å². The van der Waals surface area contributed by atoms with Gasteiger partial charge in [-0.2, -0.15) is 0 Å². The average Bonchev–Trinajstić information content (AvgIpc) is 3.68. The van der Waals surface area contributed by atoms with Crippen LogP contribution >= 0.6 is 0 Å². The molecule has 8 aromatic carbocycles. The van der Waals surface area contributed by atoms with Gasteiger partial charge in [0.15, 0.2) is 0 Å². The SMILES string of the molecule is [2H]C=C([2H])/C([2H])=C(/[2H])C(=C[2H])/C(C[2H])=C([2H])/C([2H])=C(\C[2H])N(c1cccc(-c2cc3ccccc3c3ccccc23)c1)c1ccc2c(c1)C(c1ccccc1)(c1ccccc1)c1ccccc1-2. The smallest absolute Gasteiger partial charge is 0.0714 e. The van der Waals surface area contributed by atoms with Gasteiger partial charge < -0.3 is 4.90 Å². The highest BCUT2D eigenvalue weighted by Crippen LogP contribution is 2.57. The number of anilines is 2. The summed E-state index contributed by atoms with van der Waals surface area (Å²) in [6, 6.07) is 59.5. The number of allylic oxidation sites excluding steroid dienone is 8. The summed E-state index contributed by atoms with van der Waals surface area (Å²) in [5, 5.41) is 4.38. The third-order valence-corrected chi connectivity index (χ3v) is 11.1. The molecule has 1 aliphatic rings. The molecule has 58 heavy (non-hydrogen) atoms. The van der Waals surface area contributed by atoms with Crippen molar-refractivity contribution in [1.29, 1.82) is 0 Å². The molecule has 0 bridgehead atoms. The maximum Gasteiger partial charge on any atom is 0.0714 e. The first-order chi connectivity index (χ1) is 32.7. The van der Waals surface area contributed by atoms with Crippen LogP contribution in [0.1, 0.15) is 48.4 Å². The summed E-state index contributed by atoms with van der Waals surface area (Å²) in [6.45, 7) is 0.272. The Bertz CT molecular complexity index is 3310. The Labute approximate surface area is 355 Å². The predicted octanol–water partition coefficient (Wildman–Crippen LogP) is 15.3. The molecule has 0 radical (unpaired) electrons. The number of nitrogens with zero attached hydrogens (tertiary/aromatic N) is 1. The standard InChI is InChI=1S/C57H45N/c1-5-6-20-40(2)41(3)33-34-42(4)58(47-27-19-22-43(37-47)54-38-44-21-13-14-28-49(44)50-29-15-16-30-51(50)54)48-35-36-53-52-31-17-18-32-55(52)57(56(53)39-48,45-23-9-7-10-24-45)46-25-11-8-12-26-46/h5-39H,1-2H2,3-4H3/b20-6-,41-33+,42-34+/i1D,2D,3D,4D,5D,6D,20D,33D,34D/b5-1?,20-6-,40-2?,41-33+,42-34+. The molecule has 0 amide bonds. The van der Waals surface area contributed by atoms with Crippen molar-refractivity contribution in [2.24, 2.45) is 0 Å². The molecule has 0 unspecified atom stereocenters. The van der Waals surface area contributed by atoms with Crippen molar-refractivity contribution in [3.8, 4) is 22.3 Å². The van der Waals surface area contributed by atoms with Crippen molar-refractivity contribution >= 4 is 32.9 Å². The largest absolute Gasteiger partial charge is 0.314 e. The van der Waals surface area contributed by atoms with Gasteiger partial charge in [-0.3, -0.25) is 0 Å². The fourth-order valence-corrected chi connectivity index (χ4v) is 8.59. The van der Waals surface area contributed by atoms with Crippen LogP contribution in [0.4, 0.5) is 11.4 Å². The minimum absolute atomic E-state index is 0.107.